The molecule has 0 atom stereocenters. The van der Waals surface area contributed by atoms with Gasteiger partial charge < -0.3 is 5.32 Å². The van der Waals surface area contributed by atoms with Gasteiger partial charge in [0.15, 0.2) is 0 Å². The van der Waals surface area contributed by atoms with Crippen molar-refractivity contribution in [3.05, 3.63) is 24.3 Å². The Morgan fingerprint density at radius 3 is 2.07 bits per heavy atom. The van der Waals surface area contributed by atoms with E-state index < -0.39 is 0 Å². The van der Waals surface area contributed by atoms with Crippen LogP contribution in [0.25, 0.3) is 0 Å². The fourth-order valence-electron chi connectivity index (χ4n) is 1.67. The van der Waals surface area contributed by atoms with E-state index >= 15 is 0 Å². The molecule has 0 unspecified atom stereocenters. The maximum atomic E-state index is 3.42. The van der Waals surface area contributed by atoms with Gasteiger partial charge in [-0.3, -0.25) is 0 Å². The molecule has 0 saturated heterocycles. The zero-order valence-corrected chi connectivity index (χ0v) is 9.17. The minimum absolute atomic E-state index is 1.05. The maximum absolute atomic E-state index is 3.42. The van der Waals surface area contributed by atoms with Crippen LogP contribution in [0.2, 0.25) is 0 Å². The first-order valence-electron chi connectivity index (χ1n) is 6.01. The summed E-state index contributed by atoms with van der Waals surface area (Å²) in [4.78, 5) is 0. The normalized spacial score (nSPS) is 21.7. The second-order valence-electron chi connectivity index (χ2n) is 3.93. The van der Waals surface area contributed by atoms with Crippen molar-refractivity contribution in [3.8, 4) is 0 Å². The van der Waals surface area contributed by atoms with Crippen molar-refractivity contribution in [1.82, 2.24) is 5.32 Å². The molecule has 0 aliphatic carbocycles. The summed E-state index contributed by atoms with van der Waals surface area (Å²) in [5.41, 5.74) is 0. The molecule has 0 fully saturated rings. The lowest BCUT2D eigenvalue weighted by molar-refractivity contribution is 0.678. The minimum Gasteiger partial charge on any atom is -0.313 e. The lowest BCUT2D eigenvalue weighted by atomic mass is 10.1. The zero-order valence-electron chi connectivity index (χ0n) is 9.17. The van der Waals surface area contributed by atoms with E-state index in [1.54, 1.807) is 0 Å². The molecule has 0 aromatic heterocycles. The van der Waals surface area contributed by atoms with Crippen molar-refractivity contribution in [2.45, 2.75) is 44.9 Å². The summed E-state index contributed by atoms with van der Waals surface area (Å²) in [7, 11) is 0. The fraction of sp³-hybridized carbons (Fsp3) is 0.692. The molecule has 0 radical (unpaired) electrons. The molecule has 0 spiro atoms. The van der Waals surface area contributed by atoms with Crippen molar-refractivity contribution >= 4 is 0 Å². The first kappa shape index (κ1) is 11.5. The van der Waals surface area contributed by atoms with Gasteiger partial charge in [-0.05, 0) is 45.1 Å². The summed E-state index contributed by atoms with van der Waals surface area (Å²) >= 11 is 0. The molecule has 1 aliphatic heterocycles. The minimum atomic E-state index is 1.05. The number of nitrogens with one attached hydrogen (secondary N) is 1. The van der Waals surface area contributed by atoms with E-state index in [0.717, 1.165) is 13.1 Å². The number of allylic oxidation sites excluding steroid dienone is 3. The van der Waals surface area contributed by atoms with Crippen LogP contribution in [0, 0.1) is 0 Å². The van der Waals surface area contributed by atoms with Crippen LogP contribution >= 0.6 is 0 Å². The lowest BCUT2D eigenvalue weighted by Crippen LogP contribution is -2.14. The lowest BCUT2D eigenvalue weighted by Gasteiger charge is -2.00. The summed E-state index contributed by atoms with van der Waals surface area (Å²) in [5, 5.41) is 3.42. The van der Waals surface area contributed by atoms with E-state index in [1.165, 1.54) is 44.9 Å². The van der Waals surface area contributed by atoms with Gasteiger partial charge in [0.1, 0.15) is 0 Å². The smallest absolute Gasteiger partial charge is 0.0134 e. The van der Waals surface area contributed by atoms with Crippen LogP contribution in [-0.2, 0) is 0 Å². The fourth-order valence-corrected chi connectivity index (χ4v) is 1.67. The van der Waals surface area contributed by atoms with Crippen molar-refractivity contribution in [2.24, 2.45) is 0 Å². The molecule has 1 N–H and O–H groups in total. The predicted octanol–water partition coefficient (Wildman–Crippen LogP) is 3.43. The molecule has 0 aromatic rings. The largest absolute Gasteiger partial charge is 0.313 e. The highest BCUT2D eigenvalue weighted by molar-refractivity contribution is 4.85. The molecule has 0 saturated carbocycles. The third-order valence-corrected chi connectivity index (χ3v) is 2.56. The van der Waals surface area contributed by atoms with E-state index in [9.17, 15) is 0 Å². The van der Waals surface area contributed by atoms with E-state index in [1.807, 2.05) is 0 Å². The first-order chi connectivity index (χ1) is 7.00. The van der Waals surface area contributed by atoms with Crippen LogP contribution in [0.3, 0.4) is 0 Å². The molecule has 0 amide bonds. The Morgan fingerprint density at radius 2 is 1.29 bits per heavy atom. The highest BCUT2D eigenvalue weighted by Crippen LogP contribution is 2.05. The molecule has 14 heavy (non-hydrogen) atoms. The monoisotopic (exact) mass is 193 g/mol. The molecule has 1 heterocycles. The van der Waals surface area contributed by atoms with Crippen molar-refractivity contribution < 1.29 is 0 Å². The third-order valence-electron chi connectivity index (χ3n) is 2.56. The Hall–Kier alpha value is -0.560. The molecule has 0 bridgehead atoms. The van der Waals surface area contributed by atoms with Gasteiger partial charge in [0, 0.05) is 6.54 Å². The van der Waals surface area contributed by atoms with Crippen molar-refractivity contribution in [3.63, 3.8) is 0 Å². The quantitative estimate of drug-likeness (QED) is 0.581. The summed E-state index contributed by atoms with van der Waals surface area (Å²) in [6, 6.07) is 0. The Morgan fingerprint density at radius 1 is 0.643 bits per heavy atom. The molecule has 0 aromatic carbocycles. The van der Waals surface area contributed by atoms with Crippen LogP contribution < -0.4 is 5.32 Å². The first-order valence-corrected chi connectivity index (χ1v) is 6.01. The molecule has 1 heteroatoms. The Balaban J connectivity index is 2.15. The Labute approximate surface area is 88.3 Å². The SMILES string of the molecule is C1=CCCCNCC=CCCCCC1. The molecule has 1 aliphatic rings. The molecular formula is C13H23N. The van der Waals surface area contributed by atoms with Crippen molar-refractivity contribution in [2.75, 3.05) is 13.1 Å². The molecule has 1 nitrogen and oxygen atoms in total. The van der Waals surface area contributed by atoms with Gasteiger partial charge in [-0.25, -0.2) is 0 Å². The summed E-state index contributed by atoms with van der Waals surface area (Å²) in [5.74, 6) is 0. The van der Waals surface area contributed by atoms with E-state index in [2.05, 4.69) is 29.6 Å². The summed E-state index contributed by atoms with van der Waals surface area (Å²) in [6.45, 7) is 2.19. The second-order valence-corrected chi connectivity index (χ2v) is 3.93. The Kier molecular flexibility index (Phi) is 7.41. The number of hydrogen-bond donors (Lipinski definition) is 1. The van der Waals surface area contributed by atoms with Crippen LogP contribution in [0.5, 0.6) is 0 Å². The van der Waals surface area contributed by atoms with Crippen LogP contribution in [0.4, 0.5) is 0 Å². The van der Waals surface area contributed by atoms with E-state index in [-0.39, 0.29) is 0 Å². The van der Waals surface area contributed by atoms with E-state index in [0.29, 0.717) is 0 Å². The third kappa shape index (κ3) is 6.90. The zero-order chi connectivity index (χ0) is 9.90. The topological polar surface area (TPSA) is 12.0 Å². The average Bonchev–Trinajstić information content (AvgIpc) is 2.22. The van der Waals surface area contributed by atoms with Gasteiger partial charge >= 0.3 is 0 Å². The number of hydrogen-bond acceptors (Lipinski definition) is 1. The van der Waals surface area contributed by atoms with Gasteiger partial charge in [0.25, 0.3) is 0 Å². The Bertz CT molecular complexity index is 134. The average molecular weight is 193 g/mol. The van der Waals surface area contributed by atoms with Gasteiger partial charge in [0.2, 0.25) is 0 Å². The summed E-state index contributed by atoms with van der Waals surface area (Å²) < 4.78 is 0. The molecular weight excluding hydrogens is 170 g/mol. The van der Waals surface area contributed by atoms with Gasteiger partial charge in [-0.2, -0.15) is 0 Å². The molecule has 1 rings (SSSR count). The van der Waals surface area contributed by atoms with Crippen molar-refractivity contribution in [1.29, 1.82) is 0 Å². The summed E-state index contributed by atoms with van der Waals surface area (Å²) in [6.07, 6.45) is 18.4. The van der Waals surface area contributed by atoms with Gasteiger partial charge in [-0.15, -0.1) is 0 Å². The standard InChI is InChI=1S/C13H23N/c1-2-4-6-8-10-12-14-13-11-9-7-5-3-1/h4,6,9,11,14H,1-3,5,7-8,10,12-13H2. The van der Waals surface area contributed by atoms with Gasteiger partial charge in [-0.1, -0.05) is 30.7 Å². The highest BCUT2D eigenvalue weighted by atomic mass is 14.8. The maximum Gasteiger partial charge on any atom is 0.0134 e. The second kappa shape index (κ2) is 9.01. The van der Waals surface area contributed by atoms with Gasteiger partial charge in [0.05, 0.1) is 0 Å². The van der Waals surface area contributed by atoms with E-state index in [4.69, 9.17) is 0 Å². The number of rotatable bonds is 0. The molecule has 80 valence electrons. The van der Waals surface area contributed by atoms with Crippen LogP contribution in [0.15, 0.2) is 24.3 Å². The highest BCUT2D eigenvalue weighted by Gasteiger charge is 1.88. The van der Waals surface area contributed by atoms with Crippen LogP contribution in [-0.4, -0.2) is 13.1 Å². The predicted molar refractivity (Wildman–Crippen MR) is 63.5 cm³/mol. The van der Waals surface area contributed by atoms with Crippen LogP contribution in [0.1, 0.15) is 44.9 Å².